The minimum absolute atomic E-state index is 0.0954. The van der Waals surface area contributed by atoms with E-state index in [1.54, 1.807) is 0 Å². The summed E-state index contributed by atoms with van der Waals surface area (Å²) in [4.78, 5) is 2.21. The van der Waals surface area contributed by atoms with Crippen LogP contribution < -0.4 is 5.32 Å². The Morgan fingerprint density at radius 1 is 1.26 bits per heavy atom. The topological polar surface area (TPSA) is 15.3 Å². The molecule has 106 valence electrons. The molecule has 4 heteroatoms. The highest BCUT2D eigenvalue weighted by Gasteiger charge is 2.30. The zero-order valence-corrected chi connectivity index (χ0v) is 11.6. The predicted octanol–water partition coefficient (Wildman–Crippen LogP) is 2.96. The Bertz CT molecular complexity index is 402. The molecule has 1 aliphatic rings. The minimum Gasteiger partial charge on any atom is -0.317 e. The number of nitrogens with one attached hydrogen (secondary N) is 1. The van der Waals surface area contributed by atoms with Crippen LogP contribution >= 0.6 is 0 Å². The molecule has 0 aromatic heterocycles. The fourth-order valence-electron chi connectivity index (χ4n) is 3.08. The van der Waals surface area contributed by atoms with Gasteiger partial charge in [-0.05, 0) is 63.1 Å². The van der Waals surface area contributed by atoms with Crippen molar-refractivity contribution < 1.29 is 8.78 Å². The lowest BCUT2D eigenvalue weighted by Crippen LogP contribution is -2.40. The number of nitrogens with zero attached hydrogens (tertiary/aromatic N) is 1. The number of piperidine rings is 1. The van der Waals surface area contributed by atoms with Gasteiger partial charge in [0.25, 0.3) is 0 Å². The number of hydrogen-bond donors (Lipinski definition) is 1. The van der Waals surface area contributed by atoms with Crippen molar-refractivity contribution in [3.8, 4) is 0 Å². The van der Waals surface area contributed by atoms with Gasteiger partial charge in [-0.15, -0.1) is 0 Å². The zero-order valence-electron chi connectivity index (χ0n) is 11.6. The van der Waals surface area contributed by atoms with Gasteiger partial charge in [-0.3, -0.25) is 4.90 Å². The molecule has 0 amide bonds. The molecule has 1 saturated heterocycles. The van der Waals surface area contributed by atoms with Crippen LogP contribution in [0.15, 0.2) is 18.2 Å². The largest absolute Gasteiger partial charge is 0.317 e. The fraction of sp³-hybridized carbons (Fsp3) is 0.600. The SMILES string of the molecule is CCNCC1CCCN(C)C1c1cc(F)cc(F)c1. The highest BCUT2D eigenvalue weighted by atomic mass is 19.1. The molecule has 0 saturated carbocycles. The normalized spacial score (nSPS) is 24.6. The van der Waals surface area contributed by atoms with E-state index in [-0.39, 0.29) is 6.04 Å². The summed E-state index contributed by atoms with van der Waals surface area (Å²) < 4.78 is 26.8. The fourth-order valence-corrected chi connectivity index (χ4v) is 3.08. The minimum atomic E-state index is -0.490. The molecule has 2 atom stereocenters. The molecule has 0 bridgehead atoms. The molecule has 1 aromatic rings. The quantitative estimate of drug-likeness (QED) is 0.903. The lowest BCUT2D eigenvalue weighted by Gasteiger charge is -2.39. The maximum absolute atomic E-state index is 13.4. The zero-order chi connectivity index (χ0) is 13.8. The second-order valence-electron chi connectivity index (χ2n) is 5.34. The van der Waals surface area contributed by atoms with E-state index in [9.17, 15) is 8.78 Å². The van der Waals surface area contributed by atoms with E-state index in [0.717, 1.165) is 44.1 Å². The maximum atomic E-state index is 13.4. The number of benzene rings is 1. The number of halogens is 2. The van der Waals surface area contributed by atoms with Gasteiger partial charge in [0.1, 0.15) is 11.6 Å². The first kappa shape index (κ1) is 14.4. The summed E-state index contributed by atoms with van der Waals surface area (Å²) in [5.41, 5.74) is 0.752. The van der Waals surface area contributed by atoms with Crippen LogP contribution in [0, 0.1) is 17.6 Å². The van der Waals surface area contributed by atoms with Crippen molar-refractivity contribution in [3.63, 3.8) is 0 Å². The van der Waals surface area contributed by atoms with E-state index in [4.69, 9.17) is 0 Å². The van der Waals surface area contributed by atoms with E-state index in [1.807, 2.05) is 7.05 Å². The number of likely N-dealkylation sites (tertiary alicyclic amines) is 1. The molecule has 19 heavy (non-hydrogen) atoms. The average Bonchev–Trinajstić information content (AvgIpc) is 2.35. The van der Waals surface area contributed by atoms with Gasteiger partial charge in [0.05, 0.1) is 0 Å². The third-order valence-electron chi connectivity index (χ3n) is 3.89. The highest BCUT2D eigenvalue weighted by Crippen LogP contribution is 2.35. The van der Waals surface area contributed by atoms with Crippen LogP contribution in [0.1, 0.15) is 31.4 Å². The Labute approximate surface area is 113 Å². The summed E-state index contributed by atoms with van der Waals surface area (Å²) in [5, 5.41) is 3.35. The van der Waals surface area contributed by atoms with Crippen molar-refractivity contribution in [2.75, 3.05) is 26.7 Å². The molecule has 0 aliphatic carbocycles. The lowest BCUT2D eigenvalue weighted by molar-refractivity contribution is 0.119. The Hall–Kier alpha value is -1.00. The Morgan fingerprint density at radius 2 is 1.95 bits per heavy atom. The van der Waals surface area contributed by atoms with Crippen molar-refractivity contribution in [1.82, 2.24) is 10.2 Å². The molecule has 2 nitrogen and oxygen atoms in total. The lowest BCUT2D eigenvalue weighted by atomic mass is 9.85. The summed E-state index contributed by atoms with van der Waals surface area (Å²) in [6, 6.07) is 3.97. The van der Waals surface area contributed by atoms with E-state index in [0.29, 0.717) is 5.92 Å². The molecule has 1 N–H and O–H groups in total. The van der Waals surface area contributed by atoms with Crippen LogP contribution in [0.2, 0.25) is 0 Å². The van der Waals surface area contributed by atoms with Crippen LogP contribution in [0.4, 0.5) is 8.78 Å². The Kier molecular flexibility index (Phi) is 4.88. The van der Waals surface area contributed by atoms with E-state index in [1.165, 1.54) is 12.1 Å². The van der Waals surface area contributed by atoms with Crippen molar-refractivity contribution in [2.24, 2.45) is 5.92 Å². The molecular formula is C15H22F2N2. The van der Waals surface area contributed by atoms with E-state index >= 15 is 0 Å². The summed E-state index contributed by atoms with van der Waals surface area (Å²) >= 11 is 0. The first-order valence-electron chi connectivity index (χ1n) is 6.98. The van der Waals surface area contributed by atoms with Crippen molar-refractivity contribution in [3.05, 3.63) is 35.4 Å². The maximum Gasteiger partial charge on any atom is 0.126 e. The van der Waals surface area contributed by atoms with Gasteiger partial charge in [0.2, 0.25) is 0 Å². The molecule has 0 spiro atoms. The van der Waals surface area contributed by atoms with Gasteiger partial charge < -0.3 is 5.32 Å². The summed E-state index contributed by atoms with van der Waals surface area (Å²) in [6.45, 7) is 4.86. The van der Waals surface area contributed by atoms with Crippen LogP contribution in [-0.2, 0) is 0 Å². The van der Waals surface area contributed by atoms with Gasteiger partial charge in [-0.25, -0.2) is 8.78 Å². The first-order valence-corrected chi connectivity index (χ1v) is 6.98. The molecule has 1 aliphatic heterocycles. The Balaban J connectivity index is 2.25. The standard InChI is InChI=1S/C15H22F2N2/c1-3-18-10-11-5-4-6-19(2)15(11)12-7-13(16)9-14(17)8-12/h7-9,11,15,18H,3-6,10H2,1-2H3. The highest BCUT2D eigenvalue weighted by molar-refractivity contribution is 5.23. The molecular weight excluding hydrogens is 246 g/mol. The van der Waals surface area contributed by atoms with Gasteiger partial charge in [-0.1, -0.05) is 6.92 Å². The molecule has 1 fully saturated rings. The molecule has 2 rings (SSSR count). The third-order valence-corrected chi connectivity index (χ3v) is 3.89. The Morgan fingerprint density at radius 3 is 2.58 bits per heavy atom. The average molecular weight is 268 g/mol. The van der Waals surface area contributed by atoms with Gasteiger partial charge in [0.15, 0.2) is 0 Å². The second kappa shape index (κ2) is 6.44. The smallest absolute Gasteiger partial charge is 0.126 e. The molecule has 2 unspecified atom stereocenters. The molecule has 1 heterocycles. The monoisotopic (exact) mass is 268 g/mol. The first-order chi connectivity index (χ1) is 9.11. The molecule has 1 aromatic carbocycles. The van der Waals surface area contributed by atoms with Crippen LogP contribution in [0.5, 0.6) is 0 Å². The van der Waals surface area contributed by atoms with E-state index in [2.05, 4.69) is 17.1 Å². The second-order valence-corrected chi connectivity index (χ2v) is 5.34. The van der Waals surface area contributed by atoms with Gasteiger partial charge >= 0.3 is 0 Å². The number of hydrogen-bond acceptors (Lipinski definition) is 2. The van der Waals surface area contributed by atoms with Crippen LogP contribution in [-0.4, -0.2) is 31.6 Å². The van der Waals surface area contributed by atoms with E-state index < -0.39 is 11.6 Å². The predicted molar refractivity (Wildman–Crippen MR) is 73.0 cm³/mol. The van der Waals surface area contributed by atoms with Crippen LogP contribution in [0.25, 0.3) is 0 Å². The van der Waals surface area contributed by atoms with Crippen molar-refractivity contribution >= 4 is 0 Å². The van der Waals surface area contributed by atoms with Crippen molar-refractivity contribution in [2.45, 2.75) is 25.8 Å². The van der Waals surface area contributed by atoms with Crippen LogP contribution in [0.3, 0.4) is 0 Å². The summed E-state index contributed by atoms with van der Waals surface area (Å²) in [5.74, 6) is -0.577. The van der Waals surface area contributed by atoms with Gasteiger partial charge in [0, 0.05) is 12.1 Å². The third kappa shape index (κ3) is 3.51. The molecule has 0 radical (unpaired) electrons. The van der Waals surface area contributed by atoms with Gasteiger partial charge in [-0.2, -0.15) is 0 Å². The summed E-state index contributed by atoms with van der Waals surface area (Å²) in [6.07, 6.45) is 2.24. The number of rotatable bonds is 4. The summed E-state index contributed by atoms with van der Waals surface area (Å²) in [7, 11) is 2.03. The van der Waals surface area contributed by atoms with Crippen molar-refractivity contribution in [1.29, 1.82) is 0 Å².